The molecule has 0 aromatic heterocycles. The summed E-state index contributed by atoms with van der Waals surface area (Å²) in [6.45, 7) is 4.48. The number of hydrogen-bond donors (Lipinski definition) is 2. The molecule has 1 amide bonds. The number of carbonyl (C=O) groups excluding carboxylic acids is 1. The molecule has 3 nitrogen and oxygen atoms in total. The number of rotatable bonds is 5. The fourth-order valence-electron chi connectivity index (χ4n) is 2.12. The molecule has 5 heteroatoms. The smallest absolute Gasteiger partial charge is 0.223 e. The van der Waals surface area contributed by atoms with Crippen LogP contribution in [-0.2, 0) is 11.2 Å². The lowest BCUT2D eigenvalue weighted by molar-refractivity contribution is -0.126. The summed E-state index contributed by atoms with van der Waals surface area (Å²) in [5.41, 5.74) is 1.04. The molecule has 0 spiro atoms. The SMILES string of the molecule is CC(C(=O)NCCc1cc(Cl)cc(Cl)c1)C1CNC1. The van der Waals surface area contributed by atoms with Gasteiger partial charge in [0.1, 0.15) is 0 Å². The minimum atomic E-state index is 0.0733. The minimum Gasteiger partial charge on any atom is -0.356 e. The molecule has 1 aromatic rings. The highest BCUT2D eigenvalue weighted by Gasteiger charge is 2.28. The van der Waals surface area contributed by atoms with Crippen LogP contribution >= 0.6 is 23.2 Å². The molecule has 1 heterocycles. The molecule has 1 atom stereocenters. The standard InChI is InChI=1S/C14H18Cl2N2O/c1-9(11-7-17-8-11)14(19)18-3-2-10-4-12(15)6-13(16)5-10/h4-6,9,11,17H,2-3,7-8H2,1H3,(H,18,19). The molecular formula is C14H18Cl2N2O. The number of halogens is 2. The van der Waals surface area contributed by atoms with Crippen LogP contribution in [0.5, 0.6) is 0 Å². The Labute approximate surface area is 123 Å². The zero-order chi connectivity index (χ0) is 13.8. The van der Waals surface area contributed by atoms with Crippen molar-refractivity contribution in [3.63, 3.8) is 0 Å². The van der Waals surface area contributed by atoms with Gasteiger partial charge in [-0.05, 0) is 49.2 Å². The van der Waals surface area contributed by atoms with Crippen LogP contribution in [0.25, 0.3) is 0 Å². The number of benzene rings is 1. The van der Waals surface area contributed by atoms with Crippen LogP contribution < -0.4 is 10.6 Å². The van der Waals surface area contributed by atoms with Crippen molar-refractivity contribution < 1.29 is 4.79 Å². The van der Waals surface area contributed by atoms with Gasteiger partial charge in [0.25, 0.3) is 0 Å². The molecule has 19 heavy (non-hydrogen) atoms. The van der Waals surface area contributed by atoms with E-state index in [9.17, 15) is 4.79 Å². The van der Waals surface area contributed by atoms with E-state index in [2.05, 4.69) is 10.6 Å². The summed E-state index contributed by atoms with van der Waals surface area (Å²) >= 11 is 11.9. The molecule has 1 aromatic carbocycles. The number of hydrogen-bond acceptors (Lipinski definition) is 2. The second kappa shape index (κ2) is 6.60. The highest BCUT2D eigenvalue weighted by molar-refractivity contribution is 6.34. The average molecular weight is 301 g/mol. The first-order valence-corrected chi connectivity index (χ1v) is 7.25. The van der Waals surface area contributed by atoms with Gasteiger partial charge in [0.2, 0.25) is 5.91 Å². The van der Waals surface area contributed by atoms with Gasteiger partial charge in [0.15, 0.2) is 0 Å². The van der Waals surface area contributed by atoms with Crippen LogP contribution in [-0.4, -0.2) is 25.5 Å². The van der Waals surface area contributed by atoms with Gasteiger partial charge in [0, 0.05) is 22.5 Å². The van der Waals surface area contributed by atoms with E-state index in [1.807, 2.05) is 19.1 Å². The Balaban J connectivity index is 1.77. The van der Waals surface area contributed by atoms with Gasteiger partial charge in [-0.15, -0.1) is 0 Å². The third-order valence-electron chi connectivity index (χ3n) is 3.57. The topological polar surface area (TPSA) is 41.1 Å². The van der Waals surface area contributed by atoms with Crippen molar-refractivity contribution in [2.75, 3.05) is 19.6 Å². The van der Waals surface area contributed by atoms with E-state index in [1.165, 1.54) is 0 Å². The lowest BCUT2D eigenvalue weighted by atomic mass is 9.88. The van der Waals surface area contributed by atoms with Crippen molar-refractivity contribution >= 4 is 29.1 Å². The van der Waals surface area contributed by atoms with Crippen molar-refractivity contribution in [3.8, 4) is 0 Å². The Bertz CT molecular complexity index is 441. The minimum absolute atomic E-state index is 0.0733. The fraction of sp³-hybridized carbons (Fsp3) is 0.500. The third-order valence-corrected chi connectivity index (χ3v) is 4.01. The average Bonchev–Trinajstić information content (AvgIpc) is 2.25. The van der Waals surface area contributed by atoms with Gasteiger partial charge in [-0.3, -0.25) is 4.79 Å². The first-order chi connectivity index (χ1) is 9.06. The van der Waals surface area contributed by atoms with Crippen LogP contribution in [0.4, 0.5) is 0 Å². The molecule has 2 rings (SSSR count). The Kier molecular flexibility index (Phi) is 5.08. The molecule has 104 valence electrons. The van der Waals surface area contributed by atoms with E-state index in [0.29, 0.717) is 22.5 Å². The van der Waals surface area contributed by atoms with Gasteiger partial charge < -0.3 is 10.6 Å². The molecule has 0 saturated carbocycles. The van der Waals surface area contributed by atoms with Gasteiger partial charge in [-0.25, -0.2) is 0 Å². The summed E-state index contributed by atoms with van der Waals surface area (Å²) in [7, 11) is 0. The molecule has 1 aliphatic heterocycles. The van der Waals surface area contributed by atoms with Gasteiger partial charge in [0.05, 0.1) is 0 Å². The van der Waals surface area contributed by atoms with E-state index in [0.717, 1.165) is 25.1 Å². The largest absolute Gasteiger partial charge is 0.356 e. The van der Waals surface area contributed by atoms with Crippen molar-refractivity contribution in [2.24, 2.45) is 11.8 Å². The van der Waals surface area contributed by atoms with Gasteiger partial charge in [-0.2, -0.15) is 0 Å². The van der Waals surface area contributed by atoms with Crippen LogP contribution in [0, 0.1) is 11.8 Å². The molecule has 0 bridgehead atoms. The molecule has 1 fully saturated rings. The van der Waals surface area contributed by atoms with Crippen molar-refractivity contribution in [1.82, 2.24) is 10.6 Å². The van der Waals surface area contributed by atoms with Crippen LogP contribution in [0.15, 0.2) is 18.2 Å². The summed E-state index contributed by atoms with van der Waals surface area (Å²) in [5, 5.41) is 7.40. The second-order valence-electron chi connectivity index (χ2n) is 5.03. The molecule has 0 radical (unpaired) electrons. The fourth-order valence-corrected chi connectivity index (χ4v) is 2.70. The summed E-state index contributed by atoms with van der Waals surface area (Å²) in [4.78, 5) is 11.9. The summed E-state index contributed by atoms with van der Waals surface area (Å²) in [6.07, 6.45) is 0.738. The molecular weight excluding hydrogens is 283 g/mol. The predicted molar refractivity (Wildman–Crippen MR) is 78.7 cm³/mol. The van der Waals surface area contributed by atoms with Gasteiger partial charge in [-0.1, -0.05) is 30.1 Å². The predicted octanol–water partition coefficient (Wildman–Crippen LogP) is 2.51. The first-order valence-electron chi connectivity index (χ1n) is 6.49. The normalized spacial score (nSPS) is 16.8. The zero-order valence-electron chi connectivity index (χ0n) is 10.9. The molecule has 1 unspecified atom stereocenters. The Hall–Kier alpha value is -0.770. The van der Waals surface area contributed by atoms with Crippen molar-refractivity contribution in [2.45, 2.75) is 13.3 Å². The Morgan fingerprint density at radius 3 is 2.53 bits per heavy atom. The number of carbonyl (C=O) groups is 1. The maximum Gasteiger partial charge on any atom is 0.223 e. The van der Waals surface area contributed by atoms with E-state index >= 15 is 0 Å². The first kappa shape index (κ1) is 14.6. The lowest BCUT2D eigenvalue weighted by Gasteiger charge is -2.31. The quantitative estimate of drug-likeness (QED) is 0.877. The van der Waals surface area contributed by atoms with Crippen molar-refractivity contribution in [3.05, 3.63) is 33.8 Å². The summed E-state index contributed by atoms with van der Waals surface area (Å²) < 4.78 is 0. The second-order valence-corrected chi connectivity index (χ2v) is 5.90. The maximum absolute atomic E-state index is 11.9. The molecule has 2 N–H and O–H groups in total. The van der Waals surface area contributed by atoms with E-state index < -0.39 is 0 Å². The number of amides is 1. The highest BCUT2D eigenvalue weighted by Crippen LogP contribution is 2.19. The van der Waals surface area contributed by atoms with Gasteiger partial charge >= 0.3 is 0 Å². The molecule has 0 aliphatic carbocycles. The summed E-state index contributed by atoms with van der Waals surface area (Å²) in [5.74, 6) is 0.671. The van der Waals surface area contributed by atoms with E-state index in [4.69, 9.17) is 23.2 Å². The van der Waals surface area contributed by atoms with Crippen LogP contribution in [0.1, 0.15) is 12.5 Å². The number of nitrogens with one attached hydrogen (secondary N) is 2. The molecule has 1 saturated heterocycles. The van der Waals surface area contributed by atoms with Crippen LogP contribution in [0.2, 0.25) is 10.0 Å². The monoisotopic (exact) mass is 300 g/mol. The highest BCUT2D eigenvalue weighted by atomic mass is 35.5. The molecule has 1 aliphatic rings. The van der Waals surface area contributed by atoms with E-state index in [-0.39, 0.29) is 11.8 Å². The maximum atomic E-state index is 11.9. The van der Waals surface area contributed by atoms with E-state index in [1.54, 1.807) is 6.07 Å². The third kappa shape index (κ3) is 4.10. The van der Waals surface area contributed by atoms with Crippen LogP contribution in [0.3, 0.4) is 0 Å². The lowest BCUT2D eigenvalue weighted by Crippen LogP contribution is -2.49. The Morgan fingerprint density at radius 2 is 2.00 bits per heavy atom. The Morgan fingerprint density at radius 1 is 1.37 bits per heavy atom. The summed E-state index contributed by atoms with van der Waals surface area (Å²) in [6, 6.07) is 5.45. The zero-order valence-corrected chi connectivity index (χ0v) is 12.4. The van der Waals surface area contributed by atoms with Crippen molar-refractivity contribution in [1.29, 1.82) is 0 Å².